The molecule has 3 aromatic rings. The highest BCUT2D eigenvalue weighted by Gasteiger charge is 2.35. The quantitative estimate of drug-likeness (QED) is 0.520. The number of hydrogen-bond donors (Lipinski definition) is 1. The summed E-state index contributed by atoms with van der Waals surface area (Å²) in [6.07, 6.45) is 0.994. The molecule has 128 valence electrons. The number of fused-ring (bicyclic) bond motifs is 3. The second-order valence-electron chi connectivity index (χ2n) is 7.61. The molecule has 1 aliphatic rings. The van der Waals surface area contributed by atoms with Crippen molar-refractivity contribution in [1.29, 1.82) is 0 Å². The van der Waals surface area contributed by atoms with Gasteiger partial charge in [-0.05, 0) is 49.6 Å². The van der Waals surface area contributed by atoms with E-state index >= 15 is 0 Å². The highest BCUT2D eigenvalue weighted by molar-refractivity contribution is 6.36. The molecule has 4 rings (SSSR count). The Morgan fingerprint density at radius 1 is 1.08 bits per heavy atom. The minimum atomic E-state index is -0.00722. The van der Waals surface area contributed by atoms with Crippen LogP contribution in [0.5, 0.6) is 0 Å². The van der Waals surface area contributed by atoms with Crippen molar-refractivity contribution in [3.05, 3.63) is 62.8 Å². The summed E-state index contributed by atoms with van der Waals surface area (Å²) in [6, 6.07) is 10.0. The summed E-state index contributed by atoms with van der Waals surface area (Å²) in [5, 5.41) is 1.24. The van der Waals surface area contributed by atoms with Crippen LogP contribution in [0.4, 0.5) is 0 Å². The Hall–Kier alpha value is -1.77. The molecule has 0 fully saturated rings. The Kier molecular flexibility index (Phi) is 3.75. The van der Waals surface area contributed by atoms with Crippen molar-refractivity contribution in [1.82, 2.24) is 9.97 Å². The lowest BCUT2D eigenvalue weighted by Gasteiger charge is -2.31. The molecule has 0 saturated carbocycles. The number of rotatable bonds is 1. The number of nitrogens with zero attached hydrogens (tertiary/aromatic N) is 1. The smallest absolute Gasteiger partial charge is 0.139 e. The lowest BCUT2D eigenvalue weighted by molar-refractivity contribution is 0.503. The minimum Gasteiger partial charge on any atom is -0.341 e. The van der Waals surface area contributed by atoms with Gasteiger partial charge in [-0.3, -0.25) is 0 Å². The molecule has 4 heteroatoms. The molecule has 0 atom stereocenters. The summed E-state index contributed by atoms with van der Waals surface area (Å²) < 4.78 is 0. The van der Waals surface area contributed by atoms with Gasteiger partial charge in [0.1, 0.15) is 5.82 Å². The molecule has 0 radical (unpaired) electrons. The largest absolute Gasteiger partial charge is 0.341 e. The van der Waals surface area contributed by atoms with Crippen LogP contribution in [0.3, 0.4) is 0 Å². The SMILES string of the molecule is Cc1cc(C)c2c(c1)CC(C)(C)c1[nH]c(-c3ccc(Cl)cc3Cl)nc1-2. The molecular weight excluding hydrogens is 351 g/mol. The van der Waals surface area contributed by atoms with E-state index in [9.17, 15) is 0 Å². The lowest BCUT2D eigenvalue weighted by atomic mass is 9.73. The van der Waals surface area contributed by atoms with Gasteiger partial charge in [-0.25, -0.2) is 4.98 Å². The first kappa shape index (κ1) is 16.7. The maximum Gasteiger partial charge on any atom is 0.139 e. The summed E-state index contributed by atoms with van der Waals surface area (Å²) in [5.41, 5.74) is 8.29. The number of imidazole rings is 1. The molecule has 25 heavy (non-hydrogen) atoms. The zero-order chi connectivity index (χ0) is 17.9. The molecule has 2 nitrogen and oxygen atoms in total. The van der Waals surface area contributed by atoms with Gasteiger partial charge in [0.25, 0.3) is 0 Å². The number of aromatic nitrogens is 2. The van der Waals surface area contributed by atoms with Crippen molar-refractivity contribution >= 4 is 23.2 Å². The molecule has 0 spiro atoms. The predicted molar refractivity (Wildman–Crippen MR) is 106 cm³/mol. The number of aryl methyl sites for hydroxylation is 2. The predicted octanol–water partition coefficient (Wildman–Crippen LogP) is 6.50. The molecular formula is C21H20Cl2N2. The van der Waals surface area contributed by atoms with Crippen LogP contribution < -0.4 is 0 Å². The zero-order valence-corrected chi connectivity index (χ0v) is 16.3. The van der Waals surface area contributed by atoms with Crippen molar-refractivity contribution < 1.29 is 0 Å². The van der Waals surface area contributed by atoms with E-state index in [4.69, 9.17) is 28.2 Å². The fourth-order valence-corrected chi connectivity index (χ4v) is 4.45. The van der Waals surface area contributed by atoms with E-state index in [-0.39, 0.29) is 5.41 Å². The van der Waals surface area contributed by atoms with Crippen LogP contribution in [0.2, 0.25) is 10.0 Å². The van der Waals surface area contributed by atoms with Crippen molar-refractivity contribution in [2.24, 2.45) is 0 Å². The number of halogens is 2. The van der Waals surface area contributed by atoms with E-state index in [1.165, 1.54) is 27.9 Å². The van der Waals surface area contributed by atoms with Crippen LogP contribution in [-0.4, -0.2) is 9.97 Å². The van der Waals surface area contributed by atoms with Crippen LogP contribution in [-0.2, 0) is 11.8 Å². The molecule has 0 saturated heterocycles. The second-order valence-corrected chi connectivity index (χ2v) is 8.45. The Morgan fingerprint density at radius 2 is 1.84 bits per heavy atom. The summed E-state index contributed by atoms with van der Waals surface area (Å²) in [4.78, 5) is 8.50. The van der Waals surface area contributed by atoms with Gasteiger partial charge in [-0.1, -0.05) is 54.7 Å². The molecule has 0 amide bonds. The van der Waals surface area contributed by atoms with Gasteiger partial charge in [0.2, 0.25) is 0 Å². The van der Waals surface area contributed by atoms with Gasteiger partial charge in [-0.2, -0.15) is 0 Å². The van der Waals surface area contributed by atoms with Crippen molar-refractivity contribution in [2.75, 3.05) is 0 Å². The van der Waals surface area contributed by atoms with Crippen LogP contribution >= 0.6 is 23.2 Å². The van der Waals surface area contributed by atoms with Gasteiger partial charge in [0.05, 0.1) is 10.7 Å². The number of H-pyrrole nitrogens is 1. The normalized spacial score (nSPS) is 15.0. The molecule has 0 unspecified atom stereocenters. The molecule has 2 aromatic carbocycles. The standard InChI is InChI=1S/C21H20Cl2N2/c1-11-7-12(2)17-13(8-11)10-21(3,4)19-18(17)24-20(25-19)15-6-5-14(22)9-16(15)23/h5-9H,10H2,1-4H3,(H,24,25). The van der Waals surface area contributed by atoms with Gasteiger partial charge in [0, 0.05) is 27.3 Å². The van der Waals surface area contributed by atoms with Gasteiger partial charge in [0.15, 0.2) is 0 Å². The highest BCUT2D eigenvalue weighted by Crippen LogP contribution is 2.45. The van der Waals surface area contributed by atoms with Crippen molar-refractivity contribution in [2.45, 2.75) is 39.5 Å². The second kappa shape index (κ2) is 5.62. The molecule has 0 aliphatic heterocycles. The van der Waals surface area contributed by atoms with Crippen LogP contribution in [0, 0.1) is 13.8 Å². The van der Waals surface area contributed by atoms with E-state index in [0.717, 1.165) is 23.5 Å². The molecule has 0 bridgehead atoms. The zero-order valence-electron chi connectivity index (χ0n) is 14.8. The maximum absolute atomic E-state index is 6.41. The Morgan fingerprint density at radius 3 is 2.56 bits per heavy atom. The fraction of sp³-hybridized carbons (Fsp3) is 0.286. The molecule has 1 N–H and O–H groups in total. The van der Waals surface area contributed by atoms with E-state index < -0.39 is 0 Å². The first-order valence-electron chi connectivity index (χ1n) is 8.43. The van der Waals surface area contributed by atoms with Crippen molar-refractivity contribution in [3.63, 3.8) is 0 Å². The summed E-state index contributed by atoms with van der Waals surface area (Å²) >= 11 is 12.4. The Balaban J connectivity index is 1.97. The van der Waals surface area contributed by atoms with E-state index in [2.05, 4.69) is 44.8 Å². The summed E-state index contributed by atoms with van der Waals surface area (Å²) in [5.74, 6) is 0.799. The number of benzene rings is 2. The monoisotopic (exact) mass is 370 g/mol. The number of nitrogens with one attached hydrogen (secondary N) is 1. The average molecular weight is 371 g/mol. The maximum atomic E-state index is 6.41. The lowest BCUT2D eigenvalue weighted by Crippen LogP contribution is -2.26. The first-order chi connectivity index (χ1) is 11.8. The first-order valence-corrected chi connectivity index (χ1v) is 9.18. The Bertz CT molecular complexity index is 999. The summed E-state index contributed by atoms with van der Waals surface area (Å²) in [7, 11) is 0. The van der Waals surface area contributed by atoms with Gasteiger partial charge in [-0.15, -0.1) is 0 Å². The highest BCUT2D eigenvalue weighted by atomic mass is 35.5. The van der Waals surface area contributed by atoms with E-state index in [0.29, 0.717) is 10.0 Å². The molecule has 1 aliphatic carbocycles. The van der Waals surface area contributed by atoms with E-state index in [1.807, 2.05) is 12.1 Å². The van der Waals surface area contributed by atoms with Crippen LogP contribution in [0.15, 0.2) is 30.3 Å². The Labute approximate surface area is 158 Å². The van der Waals surface area contributed by atoms with Crippen LogP contribution in [0.25, 0.3) is 22.6 Å². The third kappa shape index (κ3) is 2.68. The van der Waals surface area contributed by atoms with Gasteiger partial charge < -0.3 is 4.98 Å². The summed E-state index contributed by atoms with van der Waals surface area (Å²) in [6.45, 7) is 8.84. The van der Waals surface area contributed by atoms with Crippen molar-refractivity contribution in [3.8, 4) is 22.6 Å². The third-order valence-electron chi connectivity index (χ3n) is 5.00. The number of hydrogen-bond acceptors (Lipinski definition) is 1. The minimum absolute atomic E-state index is 0.00722. The molecule has 1 aromatic heterocycles. The average Bonchev–Trinajstić information content (AvgIpc) is 2.91. The fourth-order valence-electron chi connectivity index (χ4n) is 3.95. The van der Waals surface area contributed by atoms with Crippen LogP contribution in [0.1, 0.15) is 36.2 Å². The van der Waals surface area contributed by atoms with Gasteiger partial charge >= 0.3 is 0 Å². The van der Waals surface area contributed by atoms with E-state index in [1.54, 1.807) is 6.07 Å². The topological polar surface area (TPSA) is 28.7 Å². The molecule has 1 heterocycles. The number of aromatic amines is 1. The third-order valence-corrected chi connectivity index (χ3v) is 5.55.